The Morgan fingerprint density at radius 1 is 1.30 bits per heavy atom. The first-order chi connectivity index (χ1) is 4.79. The van der Waals surface area contributed by atoms with Gasteiger partial charge in [0.2, 0.25) is 0 Å². The van der Waals surface area contributed by atoms with Crippen LogP contribution in [0.3, 0.4) is 0 Å². The second-order valence-corrected chi connectivity index (χ2v) is 1.94. The van der Waals surface area contributed by atoms with Crippen LogP contribution in [-0.2, 0) is 0 Å². The van der Waals surface area contributed by atoms with Gasteiger partial charge in [-0.15, -0.1) is 0 Å². The number of nitrogens with two attached hydrogens (primary N) is 1. The van der Waals surface area contributed by atoms with Crippen molar-refractivity contribution in [1.29, 1.82) is 0 Å². The van der Waals surface area contributed by atoms with Gasteiger partial charge in [0.1, 0.15) is 0 Å². The third-order valence-electron chi connectivity index (χ3n) is 1.10. The Labute approximate surface area is 59.0 Å². The minimum Gasteiger partial charge on any atom is -0.376 e. The van der Waals surface area contributed by atoms with Crippen LogP contribution in [0.5, 0.6) is 0 Å². The molecule has 0 aliphatic rings. The SMILES string of the molecule is NC(F)=Cc1ccccc1. The molecule has 0 atom stereocenters. The summed E-state index contributed by atoms with van der Waals surface area (Å²) < 4.78 is 12.0. The average Bonchev–Trinajstić information content (AvgIpc) is 1.88. The molecule has 2 heteroatoms. The van der Waals surface area contributed by atoms with Crippen molar-refractivity contribution in [2.45, 2.75) is 0 Å². The number of benzene rings is 1. The normalized spacial score (nSPS) is 11.5. The quantitative estimate of drug-likeness (QED) is 0.588. The van der Waals surface area contributed by atoms with Crippen molar-refractivity contribution in [3.8, 4) is 0 Å². The Kier molecular flexibility index (Phi) is 2.05. The zero-order valence-electron chi connectivity index (χ0n) is 5.42. The molecule has 1 nitrogen and oxygen atoms in total. The van der Waals surface area contributed by atoms with Crippen LogP contribution in [-0.4, -0.2) is 0 Å². The Hall–Kier alpha value is -1.31. The fourth-order valence-corrected chi connectivity index (χ4v) is 0.708. The van der Waals surface area contributed by atoms with E-state index in [0.29, 0.717) is 0 Å². The lowest BCUT2D eigenvalue weighted by molar-refractivity contribution is 0.635. The molecule has 2 N–H and O–H groups in total. The van der Waals surface area contributed by atoms with Crippen molar-refractivity contribution < 1.29 is 4.39 Å². The lowest BCUT2D eigenvalue weighted by Gasteiger charge is -1.89. The maximum absolute atomic E-state index is 12.0. The maximum atomic E-state index is 12.0. The van der Waals surface area contributed by atoms with Crippen molar-refractivity contribution in [1.82, 2.24) is 0 Å². The number of hydrogen-bond acceptors (Lipinski definition) is 1. The van der Waals surface area contributed by atoms with E-state index in [9.17, 15) is 4.39 Å². The molecule has 1 rings (SSSR count). The van der Waals surface area contributed by atoms with Crippen LogP contribution in [0.15, 0.2) is 36.3 Å². The summed E-state index contributed by atoms with van der Waals surface area (Å²) in [6, 6.07) is 9.09. The molecule has 0 unspecified atom stereocenters. The summed E-state index contributed by atoms with van der Waals surface area (Å²) in [5, 5.41) is 0. The summed E-state index contributed by atoms with van der Waals surface area (Å²) in [5.41, 5.74) is 5.60. The predicted octanol–water partition coefficient (Wildman–Crippen LogP) is 1.91. The number of rotatable bonds is 1. The number of hydrogen-bond donors (Lipinski definition) is 1. The van der Waals surface area contributed by atoms with Gasteiger partial charge in [0.15, 0.2) is 5.95 Å². The largest absolute Gasteiger partial charge is 0.376 e. The van der Waals surface area contributed by atoms with E-state index >= 15 is 0 Å². The highest BCUT2D eigenvalue weighted by Gasteiger charge is 1.85. The van der Waals surface area contributed by atoms with Crippen molar-refractivity contribution in [3.05, 3.63) is 41.8 Å². The van der Waals surface area contributed by atoms with Gasteiger partial charge in [0.25, 0.3) is 0 Å². The monoisotopic (exact) mass is 137 g/mol. The van der Waals surface area contributed by atoms with Gasteiger partial charge < -0.3 is 5.73 Å². The van der Waals surface area contributed by atoms with Crippen LogP contribution >= 0.6 is 0 Å². The third-order valence-corrected chi connectivity index (χ3v) is 1.10. The highest BCUT2D eigenvalue weighted by molar-refractivity contribution is 5.49. The first-order valence-corrected chi connectivity index (χ1v) is 2.97. The van der Waals surface area contributed by atoms with Crippen molar-refractivity contribution in [2.75, 3.05) is 0 Å². The molecule has 0 amide bonds. The van der Waals surface area contributed by atoms with Crippen LogP contribution in [0.2, 0.25) is 0 Å². The summed E-state index contributed by atoms with van der Waals surface area (Å²) in [6.45, 7) is 0. The van der Waals surface area contributed by atoms with E-state index in [0.717, 1.165) is 5.56 Å². The van der Waals surface area contributed by atoms with Crippen molar-refractivity contribution >= 4 is 6.08 Å². The Bertz CT molecular complexity index is 224. The second kappa shape index (κ2) is 3.01. The summed E-state index contributed by atoms with van der Waals surface area (Å²) in [6.07, 6.45) is 1.28. The summed E-state index contributed by atoms with van der Waals surface area (Å²) in [4.78, 5) is 0. The summed E-state index contributed by atoms with van der Waals surface area (Å²) >= 11 is 0. The molecule has 10 heavy (non-hydrogen) atoms. The van der Waals surface area contributed by atoms with Gasteiger partial charge >= 0.3 is 0 Å². The Morgan fingerprint density at radius 2 is 1.90 bits per heavy atom. The molecule has 0 aliphatic heterocycles. The summed E-state index contributed by atoms with van der Waals surface area (Å²) in [7, 11) is 0. The van der Waals surface area contributed by atoms with Crippen LogP contribution in [0.25, 0.3) is 6.08 Å². The highest BCUT2D eigenvalue weighted by atomic mass is 19.1. The van der Waals surface area contributed by atoms with E-state index in [4.69, 9.17) is 5.73 Å². The van der Waals surface area contributed by atoms with Gasteiger partial charge in [0.05, 0.1) is 0 Å². The standard InChI is InChI=1S/C8H8FN/c9-8(10)6-7-4-2-1-3-5-7/h1-6H,10H2. The van der Waals surface area contributed by atoms with E-state index in [2.05, 4.69) is 0 Å². The van der Waals surface area contributed by atoms with Crippen LogP contribution in [0.4, 0.5) is 4.39 Å². The first kappa shape index (κ1) is 6.81. The molecule has 0 fully saturated rings. The van der Waals surface area contributed by atoms with Crippen LogP contribution < -0.4 is 5.73 Å². The molecular weight excluding hydrogens is 129 g/mol. The van der Waals surface area contributed by atoms with Gasteiger partial charge in [-0.3, -0.25) is 0 Å². The molecule has 0 aromatic heterocycles. The molecule has 52 valence electrons. The molecule has 0 saturated heterocycles. The topological polar surface area (TPSA) is 26.0 Å². The minimum atomic E-state index is -0.661. The first-order valence-electron chi connectivity index (χ1n) is 2.97. The zero-order valence-corrected chi connectivity index (χ0v) is 5.42. The molecular formula is C8H8FN. The molecule has 0 spiro atoms. The van der Waals surface area contributed by atoms with Crippen molar-refractivity contribution in [3.63, 3.8) is 0 Å². The van der Waals surface area contributed by atoms with E-state index in [-0.39, 0.29) is 0 Å². The van der Waals surface area contributed by atoms with E-state index in [1.165, 1.54) is 6.08 Å². The van der Waals surface area contributed by atoms with Gasteiger partial charge in [-0.25, -0.2) is 0 Å². The fraction of sp³-hybridized carbons (Fsp3) is 0. The smallest absolute Gasteiger partial charge is 0.185 e. The Morgan fingerprint density at radius 3 is 2.40 bits per heavy atom. The zero-order chi connectivity index (χ0) is 7.40. The molecule has 0 radical (unpaired) electrons. The van der Waals surface area contributed by atoms with E-state index in [1.54, 1.807) is 12.1 Å². The second-order valence-electron chi connectivity index (χ2n) is 1.94. The van der Waals surface area contributed by atoms with Crippen LogP contribution in [0.1, 0.15) is 5.56 Å². The average molecular weight is 137 g/mol. The molecule has 1 aromatic rings. The third kappa shape index (κ3) is 1.90. The summed E-state index contributed by atoms with van der Waals surface area (Å²) in [5.74, 6) is -0.661. The molecule has 0 bridgehead atoms. The fourth-order valence-electron chi connectivity index (χ4n) is 0.708. The Balaban J connectivity index is 2.87. The van der Waals surface area contributed by atoms with Gasteiger partial charge in [0, 0.05) is 0 Å². The van der Waals surface area contributed by atoms with E-state index in [1.807, 2.05) is 18.2 Å². The van der Waals surface area contributed by atoms with Gasteiger partial charge in [-0.05, 0) is 11.6 Å². The van der Waals surface area contributed by atoms with Gasteiger partial charge in [-0.2, -0.15) is 4.39 Å². The molecule has 1 aromatic carbocycles. The van der Waals surface area contributed by atoms with Crippen LogP contribution in [0, 0.1) is 0 Å². The predicted molar refractivity (Wildman–Crippen MR) is 39.7 cm³/mol. The minimum absolute atomic E-state index is 0.661. The lowest BCUT2D eigenvalue weighted by Crippen LogP contribution is -1.86. The number of halogens is 1. The molecule has 0 saturated carbocycles. The lowest BCUT2D eigenvalue weighted by atomic mass is 10.2. The molecule has 0 aliphatic carbocycles. The van der Waals surface area contributed by atoms with E-state index < -0.39 is 5.95 Å². The maximum Gasteiger partial charge on any atom is 0.185 e. The molecule has 0 heterocycles. The highest BCUT2D eigenvalue weighted by Crippen LogP contribution is 2.02. The van der Waals surface area contributed by atoms with Crippen molar-refractivity contribution in [2.24, 2.45) is 5.73 Å². The van der Waals surface area contributed by atoms with Gasteiger partial charge in [-0.1, -0.05) is 30.3 Å².